The molecule has 2 atom stereocenters. The number of hydrogen-bond donors (Lipinski definition) is 1. The van der Waals surface area contributed by atoms with Crippen molar-refractivity contribution in [2.24, 2.45) is 0 Å². The van der Waals surface area contributed by atoms with Gasteiger partial charge < -0.3 is 9.84 Å². The Labute approximate surface area is 143 Å². The molecule has 0 aromatic heterocycles. The van der Waals surface area contributed by atoms with Crippen molar-refractivity contribution in [3.63, 3.8) is 0 Å². The van der Waals surface area contributed by atoms with Crippen LogP contribution in [0.2, 0.25) is 0 Å². The highest BCUT2D eigenvalue weighted by Gasteiger charge is 2.42. The quantitative estimate of drug-likeness (QED) is 0.870. The second-order valence-electron chi connectivity index (χ2n) is 7.04. The normalized spacial score (nSPS) is 21.3. The smallest absolute Gasteiger partial charge is 0.416 e. The van der Waals surface area contributed by atoms with E-state index in [4.69, 9.17) is 4.74 Å². The lowest BCUT2D eigenvalue weighted by atomic mass is 9.95. The number of alkyl halides is 3. The third-order valence-corrected chi connectivity index (χ3v) is 3.92. The lowest BCUT2D eigenvalue weighted by Gasteiger charge is -2.26. The van der Waals surface area contributed by atoms with Crippen LogP contribution in [0, 0.1) is 0 Å². The van der Waals surface area contributed by atoms with Gasteiger partial charge in [-0.15, -0.1) is 0 Å². The van der Waals surface area contributed by atoms with Crippen molar-refractivity contribution >= 4 is 12.1 Å². The standard InChI is InChI=1S/C17H20F3NO4/c1-16(2,3)25-15(24)21-9-11(8-13(21)14(22)23)10-4-6-12(7-5-10)17(18,19)20/h4-7,11,13H,8-9H2,1-3H3,(H,22,23)/t11?,13-/m1/s1. The molecule has 1 amide bonds. The van der Waals surface area contributed by atoms with Gasteiger partial charge in [-0.25, -0.2) is 9.59 Å². The summed E-state index contributed by atoms with van der Waals surface area (Å²) in [7, 11) is 0. The van der Waals surface area contributed by atoms with E-state index in [2.05, 4.69) is 0 Å². The maximum Gasteiger partial charge on any atom is 0.416 e. The minimum Gasteiger partial charge on any atom is -0.480 e. The SMILES string of the molecule is CC(C)(C)OC(=O)N1CC(c2ccc(C(F)(F)F)cc2)C[C@@H]1C(=O)O. The summed E-state index contributed by atoms with van der Waals surface area (Å²) in [6.45, 7) is 5.09. The molecule has 5 nitrogen and oxygen atoms in total. The summed E-state index contributed by atoms with van der Waals surface area (Å²) in [5.74, 6) is -1.53. The number of rotatable bonds is 2. The van der Waals surface area contributed by atoms with Gasteiger partial charge in [0.1, 0.15) is 11.6 Å². The van der Waals surface area contributed by atoms with Crippen LogP contribution in [0.15, 0.2) is 24.3 Å². The topological polar surface area (TPSA) is 66.8 Å². The van der Waals surface area contributed by atoms with Crippen molar-refractivity contribution in [2.75, 3.05) is 6.54 Å². The van der Waals surface area contributed by atoms with Gasteiger partial charge in [-0.3, -0.25) is 4.90 Å². The Bertz CT molecular complexity index is 649. The van der Waals surface area contributed by atoms with Gasteiger partial charge in [0.05, 0.1) is 5.56 Å². The predicted molar refractivity (Wildman–Crippen MR) is 83.2 cm³/mol. The first-order valence-corrected chi connectivity index (χ1v) is 7.78. The largest absolute Gasteiger partial charge is 0.480 e. The van der Waals surface area contributed by atoms with Crippen molar-refractivity contribution < 1.29 is 32.6 Å². The predicted octanol–water partition coefficient (Wildman–Crippen LogP) is 3.88. The molecule has 1 unspecified atom stereocenters. The molecule has 1 aromatic carbocycles. The highest BCUT2D eigenvalue weighted by molar-refractivity contribution is 5.81. The Kier molecular flexibility index (Phi) is 5.02. The number of carboxylic acid groups (broad SMARTS) is 1. The molecule has 138 valence electrons. The van der Waals surface area contributed by atoms with E-state index in [0.29, 0.717) is 5.56 Å². The summed E-state index contributed by atoms with van der Waals surface area (Å²) in [5.41, 5.74) is -0.981. The number of carboxylic acids is 1. The molecule has 1 aliphatic rings. The summed E-state index contributed by atoms with van der Waals surface area (Å²) in [6.07, 6.45) is -5.05. The number of nitrogens with zero attached hydrogens (tertiary/aromatic N) is 1. The Morgan fingerprint density at radius 1 is 1.16 bits per heavy atom. The van der Waals surface area contributed by atoms with Gasteiger partial charge in [0.25, 0.3) is 0 Å². The average molecular weight is 359 g/mol. The highest BCUT2D eigenvalue weighted by atomic mass is 19.4. The van der Waals surface area contributed by atoms with Crippen molar-refractivity contribution in [3.8, 4) is 0 Å². The fourth-order valence-electron chi connectivity index (χ4n) is 2.78. The molecule has 1 fully saturated rings. The van der Waals surface area contributed by atoms with Crippen LogP contribution >= 0.6 is 0 Å². The summed E-state index contributed by atoms with van der Waals surface area (Å²) in [6, 6.07) is 3.50. The van der Waals surface area contributed by atoms with Crippen LogP contribution in [-0.4, -0.2) is 40.3 Å². The first-order chi connectivity index (χ1) is 11.4. The molecule has 0 aliphatic carbocycles. The third-order valence-electron chi connectivity index (χ3n) is 3.92. The zero-order chi connectivity index (χ0) is 19.0. The third kappa shape index (κ3) is 4.64. The minimum atomic E-state index is -4.43. The number of carbonyl (C=O) groups is 2. The van der Waals surface area contributed by atoms with Crippen molar-refractivity contribution in [3.05, 3.63) is 35.4 Å². The number of aliphatic carboxylic acids is 1. The summed E-state index contributed by atoms with van der Waals surface area (Å²) in [4.78, 5) is 24.8. The van der Waals surface area contributed by atoms with Crippen LogP contribution in [0.1, 0.15) is 44.2 Å². The van der Waals surface area contributed by atoms with Gasteiger partial charge in [-0.2, -0.15) is 13.2 Å². The van der Waals surface area contributed by atoms with Gasteiger partial charge in [-0.1, -0.05) is 12.1 Å². The van der Waals surface area contributed by atoms with Gasteiger partial charge in [0.15, 0.2) is 0 Å². The molecule has 25 heavy (non-hydrogen) atoms. The Hall–Kier alpha value is -2.25. The monoisotopic (exact) mass is 359 g/mol. The van der Waals surface area contributed by atoms with Crippen LogP contribution in [0.25, 0.3) is 0 Å². The lowest BCUT2D eigenvalue weighted by molar-refractivity contribution is -0.142. The number of likely N-dealkylation sites (tertiary alicyclic amines) is 1. The van der Waals surface area contributed by atoms with Crippen molar-refractivity contribution in [2.45, 2.75) is 50.9 Å². The molecule has 0 radical (unpaired) electrons. The first kappa shape index (κ1) is 19.1. The molecule has 2 rings (SSSR count). The Morgan fingerprint density at radius 3 is 2.16 bits per heavy atom. The maximum atomic E-state index is 12.6. The molecular formula is C17H20F3NO4. The second kappa shape index (κ2) is 6.57. The van der Waals surface area contributed by atoms with E-state index >= 15 is 0 Å². The van der Waals surface area contributed by atoms with Gasteiger partial charge in [0.2, 0.25) is 0 Å². The number of benzene rings is 1. The molecular weight excluding hydrogens is 339 g/mol. The average Bonchev–Trinajstić information content (AvgIpc) is 2.90. The molecule has 1 heterocycles. The highest BCUT2D eigenvalue weighted by Crippen LogP contribution is 2.35. The van der Waals surface area contributed by atoms with Crippen LogP contribution in [0.3, 0.4) is 0 Å². The fourth-order valence-corrected chi connectivity index (χ4v) is 2.78. The molecule has 1 aliphatic heterocycles. The van der Waals surface area contributed by atoms with Crippen molar-refractivity contribution in [1.82, 2.24) is 4.90 Å². The maximum absolute atomic E-state index is 12.6. The van der Waals surface area contributed by atoms with E-state index in [9.17, 15) is 27.9 Å². The van der Waals surface area contributed by atoms with E-state index < -0.39 is 35.4 Å². The van der Waals surface area contributed by atoms with E-state index in [1.807, 2.05) is 0 Å². The lowest BCUT2D eigenvalue weighted by Crippen LogP contribution is -2.43. The number of halogens is 3. The van der Waals surface area contributed by atoms with Gasteiger partial charge in [-0.05, 0) is 44.9 Å². The van der Waals surface area contributed by atoms with Crippen LogP contribution in [-0.2, 0) is 15.7 Å². The first-order valence-electron chi connectivity index (χ1n) is 7.78. The van der Waals surface area contributed by atoms with Crippen molar-refractivity contribution in [1.29, 1.82) is 0 Å². The number of amides is 1. The van der Waals surface area contributed by atoms with E-state index in [1.165, 1.54) is 12.1 Å². The second-order valence-corrected chi connectivity index (χ2v) is 7.04. The summed E-state index contributed by atoms with van der Waals surface area (Å²) >= 11 is 0. The molecule has 1 aromatic rings. The minimum absolute atomic E-state index is 0.0806. The van der Waals surface area contributed by atoms with Gasteiger partial charge in [0, 0.05) is 12.5 Å². The summed E-state index contributed by atoms with van der Waals surface area (Å²) in [5, 5.41) is 9.35. The molecule has 0 bridgehead atoms. The van der Waals surface area contributed by atoms with E-state index in [1.54, 1.807) is 20.8 Å². The molecule has 1 N–H and O–H groups in total. The molecule has 1 saturated heterocycles. The zero-order valence-corrected chi connectivity index (χ0v) is 14.1. The van der Waals surface area contributed by atoms with Crippen LogP contribution in [0.5, 0.6) is 0 Å². The molecule has 0 spiro atoms. The fraction of sp³-hybridized carbons (Fsp3) is 0.529. The molecule has 8 heteroatoms. The van der Waals surface area contributed by atoms with Crippen LogP contribution < -0.4 is 0 Å². The molecule has 0 saturated carbocycles. The zero-order valence-electron chi connectivity index (χ0n) is 14.1. The van der Waals surface area contributed by atoms with E-state index in [0.717, 1.165) is 17.0 Å². The summed E-state index contributed by atoms with van der Waals surface area (Å²) < 4.78 is 43.2. The van der Waals surface area contributed by atoms with E-state index in [-0.39, 0.29) is 18.9 Å². The van der Waals surface area contributed by atoms with Gasteiger partial charge >= 0.3 is 18.2 Å². The Balaban J connectivity index is 2.19. The number of carbonyl (C=O) groups excluding carboxylic acids is 1. The number of ether oxygens (including phenoxy) is 1. The number of hydrogen-bond acceptors (Lipinski definition) is 3. The van der Waals surface area contributed by atoms with Crippen LogP contribution in [0.4, 0.5) is 18.0 Å². The Morgan fingerprint density at radius 2 is 1.72 bits per heavy atom.